The van der Waals surface area contributed by atoms with Gasteiger partial charge in [-0.1, -0.05) is 25.5 Å². The van der Waals surface area contributed by atoms with Crippen LogP contribution in [0, 0.1) is 28.6 Å². The molecular weight excluding hydrogens is 324 g/mol. The number of amides is 1. The highest BCUT2D eigenvalue weighted by molar-refractivity contribution is 5.88. The van der Waals surface area contributed by atoms with Gasteiger partial charge in [0, 0.05) is 36.1 Å². The molecule has 0 bridgehead atoms. The first-order valence-corrected chi connectivity index (χ1v) is 10.0. The molecule has 2 saturated carbocycles. The van der Waals surface area contributed by atoms with E-state index in [4.69, 9.17) is 11.6 Å². The summed E-state index contributed by atoms with van der Waals surface area (Å²) >= 11 is 0. The molecule has 5 atom stereocenters. The molecule has 5 heteroatoms. The van der Waals surface area contributed by atoms with E-state index in [1.165, 1.54) is 30.3 Å². The van der Waals surface area contributed by atoms with E-state index in [-0.39, 0.29) is 16.7 Å². The van der Waals surface area contributed by atoms with Crippen molar-refractivity contribution in [1.82, 2.24) is 10.3 Å². The van der Waals surface area contributed by atoms with Gasteiger partial charge in [-0.05, 0) is 61.7 Å². The molecule has 5 N–H and O–H groups in total. The highest BCUT2D eigenvalue weighted by Crippen LogP contribution is 2.64. The molecule has 2 fully saturated rings. The molecular formula is C21H32N4O. The molecule has 0 aromatic carbocycles. The van der Waals surface area contributed by atoms with Crippen LogP contribution in [0.15, 0.2) is 35.8 Å². The third-order valence-corrected chi connectivity index (χ3v) is 8.05. The van der Waals surface area contributed by atoms with Gasteiger partial charge in [-0.15, -0.1) is 0 Å². The molecule has 142 valence electrons. The van der Waals surface area contributed by atoms with Crippen LogP contribution >= 0.6 is 0 Å². The highest BCUT2D eigenvalue weighted by Gasteiger charge is 2.57. The van der Waals surface area contributed by atoms with E-state index < -0.39 is 0 Å². The van der Waals surface area contributed by atoms with Gasteiger partial charge in [-0.3, -0.25) is 9.80 Å². The summed E-state index contributed by atoms with van der Waals surface area (Å²) in [6, 6.07) is 0. The van der Waals surface area contributed by atoms with Crippen molar-refractivity contribution < 1.29 is 4.79 Å². The van der Waals surface area contributed by atoms with Crippen LogP contribution in [0.5, 0.6) is 0 Å². The molecule has 0 spiro atoms. The van der Waals surface area contributed by atoms with E-state index in [0.717, 1.165) is 32.2 Å². The van der Waals surface area contributed by atoms with Crippen LogP contribution in [0.1, 0.15) is 52.4 Å². The summed E-state index contributed by atoms with van der Waals surface area (Å²) in [7, 11) is 0. The topological polar surface area (TPSA) is 84.4 Å². The number of nitrogens with one attached hydrogen (secondary N) is 1. The first-order chi connectivity index (χ1) is 12.4. The van der Waals surface area contributed by atoms with Crippen LogP contribution in [-0.4, -0.2) is 17.5 Å². The molecule has 5 nitrogen and oxygen atoms in total. The molecule has 5 unspecified atom stereocenters. The minimum atomic E-state index is 0.0972. The fraction of sp³-hybridized carbons (Fsp3) is 0.667. The Bertz CT molecular complexity index is 696. The third-order valence-electron chi connectivity index (χ3n) is 8.05. The summed E-state index contributed by atoms with van der Waals surface area (Å²) in [5.41, 5.74) is 8.46. The largest absolute Gasteiger partial charge is 0.403 e. The molecule has 4 rings (SSSR count). The maximum absolute atomic E-state index is 12.0. The zero-order valence-electron chi connectivity index (χ0n) is 16.0. The monoisotopic (exact) mass is 356 g/mol. The number of fused-ring (bicyclic) bond motifs is 5. The molecule has 3 aliphatic carbocycles. The summed E-state index contributed by atoms with van der Waals surface area (Å²) < 4.78 is 0. The first kappa shape index (κ1) is 17.7. The minimum Gasteiger partial charge on any atom is -0.403 e. The van der Waals surface area contributed by atoms with Crippen molar-refractivity contribution in [2.45, 2.75) is 52.4 Å². The summed E-state index contributed by atoms with van der Waals surface area (Å²) in [4.78, 5) is 12.0. The zero-order valence-corrected chi connectivity index (χ0v) is 16.0. The Morgan fingerprint density at radius 2 is 2.04 bits per heavy atom. The number of hydrogen-bond acceptors (Lipinski definition) is 4. The Labute approximate surface area is 156 Å². The second-order valence-corrected chi connectivity index (χ2v) is 9.07. The molecule has 0 aromatic rings. The lowest BCUT2D eigenvalue weighted by molar-refractivity contribution is -0.116. The van der Waals surface area contributed by atoms with E-state index in [1.807, 2.05) is 6.08 Å². The van der Waals surface area contributed by atoms with Crippen molar-refractivity contribution in [2.24, 2.45) is 40.2 Å². The second kappa shape index (κ2) is 6.15. The standard InChI is InChI=1S/C21H32N4O/c1-20-9-11-24-19(26)13-14(20)3-4-15-16-5-6-18(25(23)12-10-22)21(16,2)8-7-17(15)20/h6,10,12-13,15-17H,3-5,7-9,11,22-23H2,1-2H3,(H,24,26)/b12-10-. The molecule has 0 aromatic heterocycles. The third kappa shape index (κ3) is 2.43. The molecule has 26 heavy (non-hydrogen) atoms. The first-order valence-electron chi connectivity index (χ1n) is 10.0. The molecule has 1 aliphatic heterocycles. The Balaban J connectivity index is 1.64. The van der Waals surface area contributed by atoms with E-state index in [1.54, 1.807) is 11.2 Å². The van der Waals surface area contributed by atoms with Gasteiger partial charge in [0.05, 0.1) is 0 Å². The SMILES string of the molecule is CC12CCNC(=O)C=C1CCC1C2CCC2(C)C(N(N)/C=C\N)=CCC12. The van der Waals surface area contributed by atoms with Gasteiger partial charge in [0.25, 0.3) is 0 Å². The molecule has 1 amide bonds. The number of hydrogen-bond donors (Lipinski definition) is 3. The maximum atomic E-state index is 12.0. The van der Waals surface area contributed by atoms with Gasteiger partial charge < -0.3 is 11.1 Å². The van der Waals surface area contributed by atoms with E-state index in [0.29, 0.717) is 17.8 Å². The molecule has 4 aliphatic rings. The maximum Gasteiger partial charge on any atom is 0.243 e. The molecule has 0 saturated heterocycles. The van der Waals surface area contributed by atoms with Gasteiger partial charge in [0.2, 0.25) is 5.91 Å². The zero-order chi connectivity index (χ0) is 18.5. The van der Waals surface area contributed by atoms with Gasteiger partial charge in [-0.25, -0.2) is 5.84 Å². The van der Waals surface area contributed by atoms with Crippen molar-refractivity contribution in [3.63, 3.8) is 0 Å². The van der Waals surface area contributed by atoms with E-state index >= 15 is 0 Å². The highest BCUT2D eigenvalue weighted by atomic mass is 16.1. The predicted octanol–water partition coefficient (Wildman–Crippen LogP) is 2.77. The lowest BCUT2D eigenvalue weighted by atomic mass is 9.48. The number of allylic oxidation sites excluding steroid dienone is 3. The predicted molar refractivity (Wildman–Crippen MR) is 103 cm³/mol. The second-order valence-electron chi connectivity index (χ2n) is 9.07. The van der Waals surface area contributed by atoms with Gasteiger partial charge in [0.1, 0.15) is 0 Å². The normalized spacial score (nSPS) is 42.1. The fourth-order valence-corrected chi connectivity index (χ4v) is 6.68. The van der Waals surface area contributed by atoms with E-state index in [9.17, 15) is 4.79 Å². The van der Waals surface area contributed by atoms with Gasteiger partial charge in [-0.2, -0.15) is 0 Å². The van der Waals surface area contributed by atoms with Crippen molar-refractivity contribution in [2.75, 3.05) is 6.54 Å². The van der Waals surface area contributed by atoms with Gasteiger partial charge in [0.15, 0.2) is 0 Å². The van der Waals surface area contributed by atoms with Crippen LogP contribution in [0.4, 0.5) is 0 Å². The van der Waals surface area contributed by atoms with Crippen molar-refractivity contribution in [1.29, 1.82) is 0 Å². The number of nitrogens with zero attached hydrogens (tertiary/aromatic N) is 1. The lowest BCUT2D eigenvalue weighted by Crippen LogP contribution is -2.50. The van der Waals surface area contributed by atoms with Crippen LogP contribution in [0.3, 0.4) is 0 Å². The number of rotatable bonds is 2. The van der Waals surface area contributed by atoms with Crippen molar-refractivity contribution in [3.05, 3.63) is 35.8 Å². The lowest BCUT2D eigenvalue weighted by Gasteiger charge is -2.57. The Kier molecular flexibility index (Phi) is 4.18. The minimum absolute atomic E-state index is 0.0972. The van der Waals surface area contributed by atoms with Crippen LogP contribution < -0.4 is 16.9 Å². The van der Waals surface area contributed by atoms with Crippen LogP contribution in [0.2, 0.25) is 0 Å². The average molecular weight is 357 g/mol. The van der Waals surface area contributed by atoms with Crippen LogP contribution in [0.25, 0.3) is 0 Å². The summed E-state index contributed by atoms with van der Waals surface area (Å²) in [6.07, 6.45) is 14.3. The Morgan fingerprint density at radius 1 is 1.23 bits per heavy atom. The van der Waals surface area contributed by atoms with Crippen LogP contribution in [-0.2, 0) is 4.79 Å². The van der Waals surface area contributed by atoms with Gasteiger partial charge >= 0.3 is 0 Å². The van der Waals surface area contributed by atoms with E-state index in [2.05, 4.69) is 25.2 Å². The summed E-state index contributed by atoms with van der Waals surface area (Å²) in [6.45, 7) is 5.60. The smallest absolute Gasteiger partial charge is 0.243 e. The van der Waals surface area contributed by atoms with Crippen molar-refractivity contribution >= 4 is 5.91 Å². The Morgan fingerprint density at radius 3 is 2.81 bits per heavy atom. The molecule has 0 radical (unpaired) electrons. The summed E-state index contributed by atoms with van der Waals surface area (Å²) in [5.74, 6) is 8.36. The number of nitrogens with two attached hydrogens (primary N) is 2. The Hall–Kier alpha value is -1.75. The van der Waals surface area contributed by atoms with Crippen molar-refractivity contribution in [3.8, 4) is 0 Å². The fourth-order valence-electron chi connectivity index (χ4n) is 6.68. The summed E-state index contributed by atoms with van der Waals surface area (Å²) in [5, 5.41) is 4.77. The number of carbonyl (C=O) groups excluding carboxylic acids is 1. The number of hydrazine groups is 1. The average Bonchev–Trinajstić information content (AvgIpc) is 2.86. The number of carbonyl (C=O) groups is 1. The quantitative estimate of drug-likeness (QED) is 0.525. The molecule has 1 heterocycles.